The molecule has 0 bridgehead atoms. The summed E-state index contributed by atoms with van der Waals surface area (Å²) in [6.45, 7) is 0.726. The molecule has 0 saturated heterocycles. The van der Waals surface area contributed by atoms with E-state index in [4.69, 9.17) is 5.73 Å². The second kappa shape index (κ2) is 5.07. The molecule has 0 atom stereocenters. The molecule has 1 aromatic heterocycles. The van der Waals surface area contributed by atoms with E-state index in [0.717, 1.165) is 12.2 Å². The molecule has 0 saturated carbocycles. The van der Waals surface area contributed by atoms with Crippen LogP contribution in [0.2, 0.25) is 0 Å². The van der Waals surface area contributed by atoms with Crippen molar-refractivity contribution >= 4 is 17.4 Å². The quantitative estimate of drug-likeness (QED) is 0.648. The first-order valence-electron chi connectivity index (χ1n) is 5.26. The van der Waals surface area contributed by atoms with Crippen molar-refractivity contribution in [3.05, 3.63) is 48.3 Å². The molecule has 0 radical (unpaired) electrons. The van der Waals surface area contributed by atoms with Gasteiger partial charge in [-0.25, -0.2) is 4.79 Å². The number of anilines is 2. The van der Waals surface area contributed by atoms with E-state index >= 15 is 0 Å². The van der Waals surface area contributed by atoms with Crippen LogP contribution in [0.25, 0.3) is 0 Å². The molecule has 2 aromatic rings. The van der Waals surface area contributed by atoms with Crippen molar-refractivity contribution in [1.82, 2.24) is 4.98 Å². The fourth-order valence-corrected chi connectivity index (χ4v) is 1.52. The second-order valence-electron chi connectivity index (χ2n) is 3.64. The van der Waals surface area contributed by atoms with Crippen LogP contribution in [0, 0.1) is 0 Å². The van der Waals surface area contributed by atoms with Crippen molar-refractivity contribution < 1.29 is 4.79 Å². The van der Waals surface area contributed by atoms with E-state index in [1.807, 2.05) is 36.7 Å². The predicted molar refractivity (Wildman–Crippen MR) is 67.8 cm³/mol. The number of nitrogens with two attached hydrogens (primary N) is 1. The lowest BCUT2D eigenvalue weighted by molar-refractivity contribution is 0.259. The first kappa shape index (κ1) is 11.1. The average molecular weight is 230 g/mol. The van der Waals surface area contributed by atoms with Gasteiger partial charge in [-0.1, -0.05) is 6.07 Å². The first-order valence-corrected chi connectivity index (χ1v) is 5.26. The Morgan fingerprint density at radius 1 is 1.29 bits per heavy atom. The number of carbonyl (C=O) groups excluding carboxylic acids is 1. The highest BCUT2D eigenvalue weighted by Gasteiger charge is 1.98. The number of carbonyl (C=O) groups is 1. The highest BCUT2D eigenvalue weighted by atomic mass is 16.2. The second-order valence-corrected chi connectivity index (χ2v) is 3.64. The fraction of sp³-hybridized carbons (Fsp3) is 0.0833. The van der Waals surface area contributed by atoms with Crippen LogP contribution < -0.4 is 16.4 Å². The Kier molecular flexibility index (Phi) is 3.30. The number of benzene rings is 1. The minimum atomic E-state index is -0.562. The van der Waals surface area contributed by atoms with Crippen LogP contribution in [0.15, 0.2) is 42.7 Å². The lowest BCUT2D eigenvalue weighted by atomic mass is 10.2. The predicted octanol–water partition coefficient (Wildman–Crippen LogP) is 2.12. The maximum Gasteiger partial charge on any atom is 0.316 e. The molecule has 0 aliphatic carbocycles. The number of H-pyrrole nitrogens is 1. The summed E-state index contributed by atoms with van der Waals surface area (Å²) in [7, 11) is 0. The number of rotatable bonds is 4. The molecule has 0 aliphatic rings. The minimum absolute atomic E-state index is 0.562. The van der Waals surface area contributed by atoms with E-state index in [-0.39, 0.29) is 0 Å². The van der Waals surface area contributed by atoms with E-state index in [2.05, 4.69) is 15.6 Å². The third-order valence-electron chi connectivity index (χ3n) is 2.29. The van der Waals surface area contributed by atoms with Gasteiger partial charge in [0.05, 0.1) is 0 Å². The maximum absolute atomic E-state index is 10.7. The number of urea groups is 1. The van der Waals surface area contributed by atoms with Crippen LogP contribution in [-0.4, -0.2) is 11.0 Å². The van der Waals surface area contributed by atoms with Crippen molar-refractivity contribution in [3.8, 4) is 0 Å². The van der Waals surface area contributed by atoms with Gasteiger partial charge in [-0.3, -0.25) is 0 Å². The summed E-state index contributed by atoms with van der Waals surface area (Å²) in [5.41, 5.74) is 7.82. The number of aromatic nitrogens is 1. The number of hydrogen-bond acceptors (Lipinski definition) is 2. The molecule has 5 nitrogen and oxygen atoms in total. The average Bonchev–Trinajstić information content (AvgIpc) is 2.79. The van der Waals surface area contributed by atoms with E-state index in [1.165, 1.54) is 5.56 Å². The SMILES string of the molecule is NC(=O)Nc1cccc(NCc2cc[nH]c2)c1. The monoisotopic (exact) mass is 230 g/mol. The Balaban J connectivity index is 1.98. The number of nitrogens with one attached hydrogen (secondary N) is 3. The van der Waals surface area contributed by atoms with Crippen molar-refractivity contribution in [1.29, 1.82) is 0 Å². The third-order valence-corrected chi connectivity index (χ3v) is 2.29. The Morgan fingerprint density at radius 2 is 2.12 bits per heavy atom. The van der Waals surface area contributed by atoms with Crippen molar-refractivity contribution in [3.63, 3.8) is 0 Å². The van der Waals surface area contributed by atoms with Gasteiger partial charge in [0, 0.05) is 30.3 Å². The minimum Gasteiger partial charge on any atom is -0.381 e. The van der Waals surface area contributed by atoms with Gasteiger partial charge in [0.15, 0.2) is 0 Å². The zero-order valence-electron chi connectivity index (χ0n) is 9.23. The zero-order valence-corrected chi connectivity index (χ0v) is 9.23. The van der Waals surface area contributed by atoms with Crippen LogP contribution in [-0.2, 0) is 6.54 Å². The zero-order chi connectivity index (χ0) is 12.1. The van der Waals surface area contributed by atoms with E-state index < -0.39 is 6.03 Å². The third kappa shape index (κ3) is 3.27. The summed E-state index contributed by atoms with van der Waals surface area (Å²) < 4.78 is 0. The largest absolute Gasteiger partial charge is 0.381 e. The molecular weight excluding hydrogens is 216 g/mol. The number of amides is 2. The molecule has 0 spiro atoms. The van der Waals surface area contributed by atoms with E-state index in [9.17, 15) is 4.79 Å². The van der Waals surface area contributed by atoms with Gasteiger partial charge < -0.3 is 21.4 Å². The van der Waals surface area contributed by atoms with Gasteiger partial charge in [0.1, 0.15) is 0 Å². The lowest BCUT2D eigenvalue weighted by Gasteiger charge is -2.07. The van der Waals surface area contributed by atoms with Crippen molar-refractivity contribution in [2.24, 2.45) is 5.73 Å². The first-order chi connectivity index (χ1) is 8.24. The van der Waals surface area contributed by atoms with Crippen molar-refractivity contribution in [2.45, 2.75) is 6.54 Å². The fourth-order valence-electron chi connectivity index (χ4n) is 1.52. The van der Waals surface area contributed by atoms with Crippen LogP contribution in [0.1, 0.15) is 5.56 Å². The molecule has 17 heavy (non-hydrogen) atoms. The molecule has 5 heteroatoms. The van der Waals surface area contributed by atoms with Crippen LogP contribution in [0.5, 0.6) is 0 Å². The molecule has 5 N–H and O–H groups in total. The molecule has 2 rings (SSSR count). The summed E-state index contributed by atoms with van der Waals surface area (Å²) in [5, 5.41) is 5.78. The summed E-state index contributed by atoms with van der Waals surface area (Å²) in [6.07, 6.45) is 3.81. The molecule has 0 aliphatic heterocycles. The lowest BCUT2D eigenvalue weighted by Crippen LogP contribution is -2.19. The van der Waals surface area contributed by atoms with Gasteiger partial charge in [0.2, 0.25) is 0 Å². The van der Waals surface area contributed by atoms with Crippen LogP contribution >= 0.6 is 0 Å². The Bertz CT molecular complexity index is 493. The van der Waals surface area contributed by atoms with Crippen LogP contribution in [0.3, 0.4) is 0 Å². The summed E-state index contributed by atoms with van der Waals surface area (Å²) >= 11 is 0. The maximum atomic E-state index is 10.7. The molecule has 1 heterocycles. The Hall–Kier alpha value is -2.43. The molecule has 0 unspecified atom stereocenters. The number of hydrogen-bond donors (Lipinski definition) is 4. The molecule has 88 valence electrons. The van der Waals surface area contributed by atoms with Gasteiger partial charge >= 0.3 is 6.03 Å². The van der Waals surface area contributed by atoms with E-state index in [0.29, 0.717) is 5.69 Å². The summed E-state index contributed by atoms with van der Waals surface area (Å²) in [4.78, 5) is 13.7. The topological polar surface area (TPSA) is 82.9 Å². The smallest absolute Gasteiger partial charge is 0.316 e. The van der Waals surface area contributed by atoms with Gasteiger partial charge in [-0.15, -0.1) is 0 Å². The Morgan fingerprint density at radius 3 is 2.82 bits per heavy atom. The molecular formula is C12H14N4O. The summed E-state index contributed by atoms with van der Waals surface area (Å²) in [6, 6.07) is 8.83. The van der Waals surface area contributed by atoms with Gasteiger partial charge in [-0.05, 0) is 29.8 Å². The van der Waals surface area contributed by atoms with E-state index in [1.54, 1.807) is 6.07 Å². The normalized spacial score (nSPS) is 9.88. The number of aromatic amines is 1. The molecule has 1 aromatic carbocycles. The number of primary amides is 1. The van der Waals surface area contributed by atoms with Crippen molar-refractivity contribution in [2.75, 3.05) is 10.6 Å². The van der Waals surface area contributed by atoms with Crippen LogP contribution in [0.4, 0.5) is 16.2 Å². The molecule has 0 fully saturated rings. The highest BCUT2D eigenvalue weighted by molar-refractivity contribution is 5.88. The molecule has 2 amide bonds. The Labute approximate surface area is 99.0 Å². The summed E-state index contributed by atoms with van der Waals surface area (Å²) in [5.74, 6) is 0. The highest BCUT2D eigenvalue weighted by Crippen LogP contribution is 2.15. The standard InChI is InChI=1S/C12H14N4O/c13-12(17)16-11-3-1-2-10(6-11)15-8-9-4-5-14-7-9/h1-7,14-15H,8H2,(H3,13,16,17). The van der Waals surface area contributed by atoms with Gasteiger partial charge in [-0.2, -0.15) is 0 Å². The van der Waals surface area contributed by atoms with Gasteiger partial charge in [0.25, 0.3) is 0 Å².